The zero-order chi connectivity index (χ0) is 19.8. The van der Waals surface area contributed by atoms with Crippen molar-refractivity contribution in [2.24, 2.45) is 0 Å². The third-order valence-electron chi connectivity index (χ3n) is 4.77. The van der Waals surface area contributed by atoms with E-state index in [0.29, 0.717) is 29.1 Å². The van der Waals surface area contributed by atoms with Gasteiger partial charge in [0.25, 0.3) is 5.56 Å². The van der Waals surface area contributed by atoms with E-state index >= 15 is 0 Å². The first-order valence-corrected chi connectivity index (χ1v) is 9.43. The number of amides is 1. The van der Waals surface area contributed by atoms with Gasteiger partial charge >= 0.3 is 0 Å². The normalized spacial score (nSPS) is 21.8. The Morgan fingerprint density at radius 3 is 2.63 bits per heavy atom. The lowest BCUT2D eigenvalue weighted by Crippen LogP contribution is -2.54. The summed E-state index contributed by atoms with van der Waals surface area (Å²) in [6.07, 6.45) is 1.04. The number of halogens is 1. The van der Waals surface area contributed by atoms with Gasteiger partial charge in [-0.2, -0.15) is 5.10 Å². The zero-order valence-electron chi connectivity index (χ0n) is 15.7. The lowest BCUT2D eigenvalue weighted by Gasteiger charge is -2.41. The zero-order valence-corrected chi connectivity index (χ0v) is 16.5. The summed E-state index contributed by atoms with van der Waals surface area (Å²) in [4.78, 5) is 24.8. The monoisotopic (exact) mass is 389 g/mol. The van der Waals surface area contributed by atoms with Crippen LogP contribution in [-0.2, 0) is 11.3 Å². The van der Waals surface area contributed by atoms with Crippen LogP contribution < -0.4 is 10.9 Å². The number of benzene rings is 1. The summed E-state index contributed by atoms with van der Waals surface area (Å²) in [6.45, 7) is 5.55. The van der Waals surface area contributed by atoms with Gasteiger partial charge in [-0.3, -0.25) is 9.59 Å². The molecule has 144 valence electrons. The van der Waals surface area contributed by atoms with Gasteiger partial charge in [-0.05, 0) is 31.7 Å². The number of hydrogen-bond donors (Lipinski definition) is 2. The quantitative estimate of drug-likeness (QED) is 0.823. The molecule has 1 aromatic heterocycles. The Kier molecular flexibility index (Phi) is 5.40. The van der Waals surface area contributed by atoms with E-state index in [0.717, 1.165) is 5.56 Å². The first-order valence-electron chi connectivity index (χ1n) is 9.05. The van der Waals surface area contributed by atoms with Crippen molar-refractivity contribution in [3.05, 3.63) is 51.4 Å². The number of carbonyl (C=O) groups excluding carboxylic acids is 1. The van der Waals surface area contributed by atoms with E-state index in [2.05, 4.69) is 10.4 Å². The number of aliphatic hydroxyl groups is 1. The molecule has 0 bridgehead atoms. The molecule has 0 saturated heterocycles. The van der Waals surface area contributed by atoms with E-state index in [-0.39, 0.29) is 30.0 Å². The van der Waals surface area contributed by atoms with Crippen LogP contribution in [0.25, 0.3) is 11.1 Å². The molecule has 27 heavy (non-hydrogen) atoms. The second-order valence-corrected chi connectivity index (χ2v) is 8.15. The molecule has 1 saturated carbocycles. The van der Waals surface area contributed by atoms with Gasteiger partial charge in [-0.25, -0.2) is 4.68 Å². The predicted molar refractivity (Wildman–Crippen MR) is 105 cm³/mol. The van der Waals surface area contributed by atoms with Gasteiger partial charge in [0, 0.05) is 28.3 Å². The van der Waals surface area contributed by atoms with Gasteiger partial charge in [0.15, 0.2) is 0 Å². The third kappa shape index (κ3) is 4.39. The SMILES string of the molecule is CC(C)c1nn(CC(=O)N[C@H]2C[C@@](C)(O)C2)c(=O)cc1-c1ccccc1Cl. The highest BCUT2D eigenvalue weighted by Crippen LogP contribution is 2.32. The van der Waals surface area contributed by atoms with Crippen molar-refractivity contribution < 1.29 is 9.90 Å². The highest BCUT2D eigenvalue weighted by atomic mass is 35.5. The first-order chi connectivity index (χ1) is 12.7. The third-order valence-corrected chi connectivity index (χ3v) is 5.10. The fraction of sp³-hybridized carbons (Fsp3) is 0.450. The highest BCUT2D eigenvalue weighted by Gasteiger charge is 2.39. The van der Waals surface area contributed by atoms with E-state index in [4.69, 9.17) is 11.6 Å². The number of nitrogens with zero attached hydrogens (tertiary/aromatic N) is 2. The van der Waals surface area contributed by atoms with Crippen LogP contribution in [0, 0.1) is 0 Å². The molecule has 0 atom stereocenters. The summed E-state index contributed by atoms with van der Waals surface area (Å²) < 4.78 is 1.18. The standard InChI is InChI=1S/C20H24ClN3O3/c1-12(2)19-15(14-6-4-5-7-16(14)21)8-18(26)24(23-19)11-17(25)22-13-9-20(3,27)10-13/h4-8,12-13,27H,9-11H2,1-3H3,(H,22,25)/t13-,20+. The maximum atomic E-state index is 12.5. The first kappa shape index (κ1) is 19.6. The molecule has 7 heteroatoms. The van der Waals surface area contributed by atoms with E-state index in [9.17, 15) is 14.7 Å². The van der Waals surface area contributed by atoms with Gasteiger partial charge in [0.1, 0.15) is 6.54 Å². The largest absolute Gasteiger partial charge is 0.390 e. The minimum atomic E-state index is -0.714. The van der Waals surface area contributed by atoms with E-state index in [1.165, 1.54) is 10.7 Å². The summed E-state index contributed by atoms with van der Waals surface area (Å²) >= 11 is 6.29. The molecule has 1 aliphatic rings. The van der Waals surface area contributed by atoms with Crippen molar-refractivity contribution >= 4 is 17.5 Å². The Balaban J connectivity index is 1.85. The van der Waals surface area contributed by atoms with Crippen molar-refractivity contribution in [2.45, 2.75) is 57.7 Å². The van der Waals surface area contributed by atoms with Crippen LogP contribution in [0.2, 0.25) is 5.02 Å². The summed E-state index contributed by atoms with van der Waals surface area (Å²) in [5, 5.41) is 17.6. The Bertz CT molecular complexity index is 913. The summed E-state index contributed by atoms with van der Waals surface area (Å²) in [7, 11) is 0. The van der Waals surface area contributed by atoms with Crippen molar-refractivity contribution in [3.8, 4) is 11.1 Å². The second kappa shape index (κ2) is 7.44. The van der Waals surface area contributed by atoms with E-state index in [1.807, 2.05) is 32.0 Å². The van der Waals surface area contributed by atoms with Crippen LogP contribution in [0.3, 0.4) is 0 Å². The minimum absolute atomic E-state index is 0.0490. The minimum Gasteiger partial charge on any atom is -0.390 e. The summed E-state index contributed by atoms with van der Waals surface area (Å²) in [6, 6.07) is 8.74. The number of rotatable bonds is 5. The average Bonchev–Trinajstić information content (AvgIpc) is 2.55. The van der Waals surface area contributed by atoms with Crippen LogP contribution in [0.1, 0.15) is 45.2 Å². The van der Waals surface area contributed by atoms with Crippen LogP contribution in [-0.4, -0.2) is 32.4 Å². The Labute approximate surface area is 163 Å². The topological polar surface area (TPSA) is 84.2 Å². The van der Waals surface area contributed by atoms with Crippen molar-refractivity contribution in [1.29, 1.82) is 0 Å². The molecule has 1 fully saturated rings. The molecular formula is C20H24ClN3O3. The number of nitrogens with one attached hydrogen (secondary N) is 1. The molecule has 0 unspecified atom stereocenters. The van der Waals surface area contributed by atoms with Crippen molar-refractivity contribution in [1.82, 2.24) is 15.1 Å². The lowest BCUT2D eigenvalue weighted by atomic mass is 9.77. The molecule has 6 nitrogen and oxygen atoms in total. The predicted octanol–water partition coefficient (Wildman–Crippen LogP) is 2.72. The van der Waals surface area contributed by atoms with E-state index < -0.39 is 5.60 Å². The molecule has 1 aliphatic carbocycles. The smallest absolute Gasteiger partial charge is 0.267 e. The lowest BCUT2D eigenvalue weighted by molar-refractivity contribution is -0.125. The van der Waals surface area contributed by atoms with Gasteiger partial charge in [-0.1, -0.05) is 43.6 Å². The maximum absolute atomic E-state index is 12.5. The van der Waals surface area contributed by atoms with Crippen LogP contribution in [0.15, 0.2) is 35.1 Å². The Hall–Kier alpha value is -2.18. The molecular weight excluding hydrogens is 366 g/mol. The van der Waals surface area contributed by atoms with E-state index in [1.54, 1.807) is 13.0 Å². The second-order valence-electron chi connectivity index (χ2n) is 7.74. The molecule has 2 N–H and O–H groups in total. The highest BCUT2D eigenvalue weighted by molar-refractivity contribution is 6.33. The molecule has 0 spiro atoms. The number of aromatic nitrogens is 2. The Morgan fingerprint density at radius 2 is 2.04 bits per heavy atom. The number of carbonyl (C=O) groups is 1. The van der Waals surface area contributed by atoms with Gasteiger partial charge < -0.3 is 10.4 Å². The summed E-state index contributed by atoms with van der Waals surface area (Å²) in [5.74, 6) is -0.238. The van der Waals surface area contributed by atoms with Crippen molar-refractivity contribution in [2.75, 3.05) is 0 Å². The molecule has 2 aromatic rings. The van der Waals surface area contributed by atoms with Gasteiger partial charge in [0.2, 0.25) is 5.91 Å². The Morgan fingerprint density at radius 1 is 1.37 bits per heavy atom. The fourth-order valence-electron chi connectivity index (χ4n) is 3.45. The summed E-state index contributed by atoms with van der Waals surface area (Å²) in [5.41, 5.74) is 1.08. The van der Waals surface area contributed by atoms with Crippen molar-refractivity contribution in [3.63, 3.8) is 0 Å². The molecule has 1 amide bonds. The number of hydrogen-bond acceptors (Lipinski definition) is 4. The molecule has 1 heterocycles. The average molecular weight is 390 g/mol. The van der Waals surface area contributed by atoms with Crippen LogP contribution >= 0.6 is 11.6 Å². The van der Waals surface area contributed by atoms with Crippen LogP contribution in [0.5, 0.6) is 0 Å². The van der Waals surface area contributed by atoms with Crippen LogP contribution in [0.4, 0.5) is 0 Å². The molecule has 1 aromatic carbocycles. The van der Waals surface area contributed by atoms with Gasteiger partial charge in [-0.15, -0.1) is 0 Å². The fourth-order valence-corrected chi connectivity index (χ4v) is 3.69. The molecule has 3 rings (SSSR count). The molecule has 0 aliphatic heterocycles. The van der Waals surface area contributed by atoms with Gasteiger partial charge in [0.05, 0.1) is 11.3 Å². The molecule has 0 radical (unpaired) electrons. The maximum Gasteiger partial charge on any atom is 0.267 e.